The van der Waals surface area contributed by atoms with E-state index in [0.29, 0.717) is 6.10 Å². The standard InChI is InChI=1S/C13H11O3.Hg.HI/c1-7-5-12(14)16-13-9(7)3-4-11-10(13)6-8(2)15-11;;/h3-5,8H,2,6H2,1H3;;1H/q;+1;/p-1. The molecule has 5 heteroatoms. The molecule has 0 N–H and O–H groups in total. The van der Waals surface area contributed by atoms with Crippen molar-refractivity contribution in [3.8, 4) is 5.75 Å². The molecule has 1 aromatic heterocycles. The Morgan fingerprint density at radius 1 is 1.50 bits per heavy atom. The first-order valence-corrected chi connectivity index (χ1v) is 25.3. The summed E-state index contributed by atoms with van der Waals surface area (Å²) in [5.41, 5.74) is 2.51. The molecule has 3 rings (SSSR count). The van der Waals surface area contributed by atoms with Crippen LogP contribution in [0.5, 0.6) is 5.75 Å². The molecular formula is C13H11HgIO3. The molecule has 0 amide bonds. The van der Waals surface area contributed by atoms with E-state index in [-0.39, 0.29) is 5.63 Å². The van der Waals surface area contributed by atoms with Gasteiger partial charge < -0.3 is 0 Å². The Morgan fingerprint density at radius 3 is 3.11 bits per heavy atom. The van der Waals surface area contributed by atoms with Crippen molar-refractivity contribution in [3.05, 3.63) is 39.7 Å². The van der Waals surface area contributed by atoms with Gasteiger partial charge in [0.05, 0.1) is 0 Å². The maximum atomic E-state index is 11.5. The van der Waals surface area contributed by atoms with Crippen molar-refractivity contribution in [3.63, 3.8) is 0 Å². The van der Waals surface area contributed by atoms with E-state index in [1.54, 1.807) is 6.07 Å². The molecule has 1 aromatic carbocycles. The summed E-state index contributed by atoms with van der Waals surface area (Å²) in [5, 5.41) is 1.02. The Bertz CT molecular complexity index is 665. The van der Waals surface area contributed by atoms with Gasteiger partial charge in [0.25, 0.3) is 0 Å². The van der Waals surface area contributed by atoms with Crippen molar-refractivity contribution in [2.45, 2.75) is 23.4 Å². The third-order valence-corrected chi connectivity index (χ3v) is 12.2. The Balaban J connectivity index is 2.17. The summed E-state index contributed by atoms with van der Waals surface area (Å²) in [6, 6.07) is 5.54. The van der Waals surface area contributed by atoms with Gasteiger partial charge >= 0.3 is 127 Å². The maximum absolute atomic E-state index is 11.5. The van der Waals surface area contributed by atoms with Crippen LogP contribution >= 0.6 is 17.7 Å². The summed E-state index contributed by atoms with van der Waals surface area (Å²) in [5.74, 6) is 0.902. The fourth-order valence-electron chi connectivity index (χ4n) is 2.46. The van der Waals surface area contributed by atoms with E-state index >= 15 is 0 Å². The first kappa shape index (κ1) is 12.9. The molecule has 0 spiro atoms. The van der Waals surface area contributed by atoms with Crippen LogP contribution in [0, 0.1) is 6.92 Å². The van der Waals surface area contributed by atoms with E-state index in [9.17, 15) is 4.79 Å². The van der Waals surface area contributed by atoms with Crippen molar-refractivity contribution >= 4 is 28.6 Å². The van der Waals surface area contributed by atoms with E-state index < -0.39 is 20.2 Å². The van der Waals surface area contributed by atoms with E-state index in [1.807, 2.05) is 19.1 Å². The second kappa shape index (κ2) is 5.11. The second-order valence-corrected chi connectivity index (χ2v) is 17.8. The van der Waals surface area contributed by atoms with Crippen LogP contribution in [0.3, 0.4) is 0 Å². The van der Waals surface area contributed by atoms with Gasteiger partial charge in [-0.05, 0) is 0 Å². The number of aryl methyl sites for hydroxylation is 1. The monoisotopic (exact) mass is 544 g/mol. The molecule has 90 valence electrons. The third kappa shape index (κ3) is 2.22. The molecule has 3 nitrogen and oxygen atoms in total. The molecule has 18 heavy (non-hydrogen) atoms. The van der Waals surface area contributed by atoms with E-state index in [2.05, 4.69) is 17.7 Å². The van der Waals surface area contributed by atoms with Crippen molar-refractivity contribution in [1.82, 2.24) is 0 Å². The molecule has 1 atom stereocenters. The van der Waals surface area contributed by atoms with Crippen LogP contribution in [0.15, 0.2) is 27.4 Å². The van der Waals surface area contributed by atoms with Gasteiger partial charge in [-0.1, -0.05) is 0 Å². The van der Waals surface area contributed by atoms with Crippen LogP contribution in [0.25, 0.3) is 11.0 Å². The quantitative estimate of drug-likeness (QED) is 0.332. The van der Waals surface area contributed by atoms with Crippen molar-refractivity contribution in [2.24, 2.45) is 0 Å². The number of hydrogen-bond donors (Lipinski definition) is 0. The Hall–Kier alpha value is -0.105. The van der Waals surface area contributed by atoms with E-state index in [4.69, 9.17) is 9.15 Å². The molecule has 0 aliphatic carbocycles. The molecule has 2 heterocycles. The van der Waals surface area contributed by atoms with E-state index in [1.165, 1.54) is 3.93 Å². The molecule has 0 radical (unpaired) electrons. The zero-order chi connectivity index (χ0) is 12.7. The molecule has 1 unspecified atom stereocenters. The average molecular weight is 543 g/mol. The minimum absolute atomic E-state index is 0.272. The molecular weight excluding hydrogens is 532 g/mol. The van der Waals surface area contributed by atoms with Crippen LogP contribution in [-0.2, 0) is 26.7 Å². The minimum atomic E-state index is -0.712. The summed E-state index contributed by atoms with van der Waals surface area (Å²) < 4.78 is 12.6. The van der Waals surface area contributed by atoms with Gasteiger partial charge in [-0.25, -0.2) is 0 Å². The number of halogens is 1. The van der Waals surface area contributed by atoms with E-state index in [0.717, 1.165) is 34.3 Å². The number of hydrogen-bond acceptors (Lipinski definition) is 3. The van der Waals surface area contributed by atoms with Crippen LogP contribution in [0.4, 0.5) is 0 Å². The average Bonchev–Trinajstić information content (AvgIpc) is 2.72. The van der Waals surface area contributed by atoms with Gasteiger partial charge in [0.1, 0.15) is 0 Å². The molecule has 0 fully saturated rings. The van der Waals surface area contributed by atoms with Crippen molar-refractivity contribution < 1.29 is 29.4 Å². The van der Waals surface area contributed by atoms with Crippen molar-refractivity contribution in [1.29, 1.82) is 0 Å². The van der Waals surface area contributed by atoms with Gasteiger partial charge in [-0.15, -0.1) is 0 Å². The first-order valence-electron chi connectivity index (χ1n) is 5.98. The second-order valence-electron chi connectivity index (χ2n) is 4.59. The van der Waals surface area contributed by atoms with Crippen LogP contribution < -0.4 is 10.4 Å². The Morgan fingerprint density at radius 2 is 2.33 bits per heavy atom. The Labute approximate surface area is 126 Å². The van der Waals surface area contributed by atoms with Gasteiger partial charge in [0.2, 0.25) is 0 Å². The molecule has 0 saturated heterocycles. The van der Waals surface area contributed by atoms with Gasteiger partial charge in [-0.2, -0.15) is 0 Å². The Kier molecular flexibility index (Phi) is 3.67. The summed E-state index contributed by atoms with van der Waals surface area (Å²) in [4.78, 5) is 11.5. The first-order chi connectivity index (χ1) is 8.69. The van der Waals surface area contributed by atoms with Gasteiger partial charge in [0.15, 0.2) is 0 Å². The summed E-state index contributed by atoms with van der Waals surface area (Å²) in [6.07, 6.45) is 1.21. The predicted octanol–water partition coefficient (Wildman–Crippen LogP) is 3.26. The summed E-state index contributed by atoms with van der Waals surface area (Å²) in [6.45, 7) is 1.95. The summed E-state index contributed by atoms with van der Waals surface area (Å²) in [7, 11) is 0. The molecule has 0 saturated carbocycles. The number of rotatable bonds is 2. The SMILES string of the molecule is Cc1cc(=O)oc2c3c(ccc12)OC([CH2][Hg][I])C3. The summed E-state index contributed by atoms with van der Waals surface area (Å²) >= 11 is 1.86. The zero-order valence-corrected chi connectivity index (χ0v) is 17.7. The molecule has 0 bridgehead atoms. The topological polar surface area (TPSA) is 39.4 Å². The van der Waals surface area contributed by atoms with Crippen LogP contribution in [0.2, 0.25) is 3.93 Å². The molecule has 2 aromatic rings. The normalized spacial score (nSPS) is 17.3. The number of benzene rings is 1. The fraction of sp³-hybridized carbons (Fsp3) is 0.308. The molecule has 1 aliphatic heterocycles. The third-order valence-electron chi connectivity index (χ3n) is 3.34. The van der Waals surface area contributed by atoms with Gasteiger partial charge in [0, 0.05) is 0 Å². The number of fused-ring (bicyclic) bond motifs is 3. The predicted molar refractivity (Wildman–Crippen MR) is 74.2 cm³/mol. The van der Waals surface area contributed by atoms with Crippen molar-refractivity contribution in [2.75, 3.05) is 0 Å². The fourth-order valence-corrected chi connectivity index (χ4v) is 10.8. The van der Waals surface area contributed by atoms with Crippen LogP contribution in [-0.4, -0.2) is 6.10 Å². The zero-order valence-electron chi connectivity index (χ0n) is 10.0. The van der Waals surface area contributed by atoms with Gasteiger partial charge in [-0.3, -0.25) is 0 Å². The molecule has 1 aliphatic rings. The number of ether oxygens (including phenoxy) is 1. The van der Waals surface area contributed by atoms with Crippen LogP contribution in [0.1, 0.15) is 11.1 Å².